The van der Waals surface area contributed by atoms with Crippen LogP contribution in [0.3, 0.4) is 0 Å². The molecular formula is C24H20Cl3N3O3. The van der Waals surface area contributed by atoms with Crippen molar-refractivity contribution in [2.24, 2.45) is 0 Å². The van der Waals surface area contributed by atoms with Crippen LogP contribution in [0.2, 0.25) is 15.1 Å². The van der Waals surface area contributed by atoms with E-state index >= 15 is 0 Å². The summed E-state index contributed by atoms with van der Waals surface area (Å²) in [7, 11) is 1.98. The molecule has 2 aliphatic heterocycles. The predicted molar refractivity (Wildman–Crippen MR) is 133 cm³/mol. The normalized spacial score (nSPS) is 18.9. The number of anilines is 2. The van der Waals surface area contributed by atoms with Crippen LogP contribution in [0.15, 0.2) is 42.0 Å². The molecule has 9 heteroatoms. The van der Waals surface area contributed by atoms with Crippen LogP contribution in [0.4, 0.5) is 16.2 Å². The fraction of sp³-hybridized carbons (Fsp3) is 0.208. The molecule has 33 heavy (non-hydrogen) atoms. The number of nitrogens with zero attached hydrogens (tertiary/aromatic N) is 2. The zero-order valence-electron chi connectivity index (χ0n) is 18.3. The summed E-state index contributed by atoms with van der Waals surface area (Å²) in [5.41, 5.74) is 3.02. The Morgan fingerprint density at radius 1 is 1.00 bits per heavy atom. The van der Waals surface area contributed by atoms with Gasteiger partial charge in [0.05, 0.1) is 21.3 Å². The minimum Gasteiger partial charge on any atom is -0.365 e. The molecule has 0 spiro atoms. The Labute approximate surface area is 206 Å². The number of allylic oxidation sites excluding steroid dienone is 1. The van der Waals surface area contributed by atoms with Gasteiger partial charge in [0, 0.05) is 23.3 Å². The van der Waals surface area contributed by atoms with Gasteiger partial charge in [-0.1, -0.05) is 46.9 Å². The van der Waals surface area contributed by atoms with Crippen molar-refractivity contribution in [2.45, 2.75) is 26.3 Å². The summed E-state index contributed by atoms with van der Waals surface area (Å²) in [6.45, 7) is 6.19. The van der Waals surface area contributed by atoms with E-state index in [1.54, 1.807) is 6.07 Å². The number of nitrogens with one attached hydrogen (secondary N) is 1. The number of fused-ring (bicyclic) bond motifs is 1. The van der Waals surface area contributed by atoms with Crippen LogP contribution in [0.5, 0.6) is 0 Å². The molecular weight excluding hydrogens is 485 g/mol. The third-order valence-electron chi connectivity index (χ3n) is 5.91. The van der Waals surface area contributed by atoms with Crippen molar-refractivity contribution in [1.82, 2.24) is 5.32 Å². The van der Waals surface area contributed by atoms with Crippen molar-refractivity contribution >= 4 is 75.7 Å². The minimum absolute atomic E-state index is 0.0228. The Kier molecular flexibility index (Phi) is 5.81. The van der Waals surface area contributed by atoms with Crippen LogP contribution in [-0.4, -0.2) is 30.4 Å². The molecule has 0 radical (unpaired) electrons. The minimum atomic E-state index is -0.912. The van der Waals surface area contributed by atoms with Gasteiger partial charge in [0.2, 0.25) is 0 Å². The van der Waals surface area contributed by atoms with E-state index in [4.69, 9.17) is 34.8 Å². The average Bonchev–Trinajstić information content (AvgIpc) is 2.72. The number of rotatable bonds is 2. The van der Waals surface area contributed by atoms with Crippen molar-refractivity contribution in [3.05, 3.63) is 68.2 Å². The number of benzene rings is 2. The van der Waals surface area contributed by atoms with Crippen molar-refractivity contribution in [2.75, 3.05) is 16.8 Å². The molecule has 2 aromatic carbocycles. The highest BCUT2D eigenvalue weighted by atomic mass is 35.5. The van der Waals surface area contributed by atoms with Gasteiger partial charge in [-0.3, -0.25) is 14.9 Å². The molecule has 0 aliphatic carbocycles. The van der Waals surface area contributed by atoms with E-state index in [1.807, 2.05) is 26.1 Å². The van der Waals surface area contributed by atoms with Gasteiger partial charge in [-0.2, -0.15) is 0 Å². The predicted octanol–water partition coefficient (Wildman–Crippen LogP) is 5.94. The average molecular weight is 505 g/mol. The Hall–Kier alpha value is -2.80. The maximum atomic E-state index is 13.2. The van der Waals surface area contributed by atoms with Crippen LogP contribution in [0.1, 0.15) is 31.9 Å². The zero-order chi connectivity index (χ0) is 24.2. The Morgan fingerprint density at radius 3 is 2.39 bits per heavy atom. The molecule has 0 saturated carbocycles. The van der Waals surface area contributed by atoms with Gasteiger partial charge in [0.15, 0.2) is 0 Å². The Morgan fingerprint density at radius 2 is 1.70 bits per heavy atom. The summed E-state index contributed by atoms with van der Waals surface area (Å²) in [5.74, 6) is -1.65. The molecule has 1 saturated heterocycles. The van der Waals surface area contributed by atoms with E-state index < -0.39 is 17.8 Å². The van der Waals surface area contributed by atoms with E-state index in [9.17, 15) is 14.4 Å². The molecule has 170 valence electrons. The summed E-state index contributed by atoms with van der Waals surface area (Å²) >= 11 is 18.8. The Bertz CT molecular complexity index is 1300. The molecule has 2 aliphatic rings. The first-order valence-electron chi connectivity index (χ1n) is 10.0. The topological polar surface area (TPSA) is 69.7 Å². The lowest BCUT2D eigenvalue weighted by Gasteiger charge is -2.40. The number of urea groups is 1. The van der Waals surface area contributed by atoms with E-state index in [-0.39, 0.29) is 26.8 Å². The second-order valence-corrected chi connectivity index (χ2v) is 9.65. The van der Waals surface area contributed by atoms with Crippen molar-refractivity contribution in [3.8, 4) is 0 Å². The van der Waals surface area contributed by atoms with Crippen LogP contribution in [-0.2, 0) is 9.59 Å². The van der Waals surface area contributed by atoms with Crippen molar-refractivity contribution in [3.63, 3.8) is 0 Å². The lowest BCUT2D eigenvalue weighted by Crippen LogP contribution is -2.54. The number of amides is 4. The van der Waals surface area contributed by atoms with Gasteiger partial charge < -0.3 is 4.90 Å². The molecule has 0 unspecified atom stereocenters. The largest absolute Gasteiger partial charge is 0.365 e. The highest BCUT2D eigenvalue weighted by molar-refractivity contribution is 6.46. The SMILES string of the molecule is CC1=CC(C)(C)N(C)c2cc(Cl)c(/C=C3/C(=O)NC(=O)N(c4cccc(Cl)c4Cl)C3=O)cc21. The number of halogens is 3. The molecule has 4 rings (SSSR count). The smallest absolute Gasteiger partial charge is 0.336 e. The van der Waals surface area contributed by atoms with Gasteiger partial charge in [-0.15, -0.1) is 0 Å². The summed E-state index contributed by atoms with van der Waals surface area (Å²) < 4.78 is 0. The zero-order valence-corrected chi connectivity index (χ0v) is 20.6. The second-order valence-electron chi connectivity index (χ2n) is 8.46. The molecule has 1 fully saturated rings. The second kappa shape index (κ2) is 8.20. The number of hydrogen-bond donors (Lipinski definition) is 1. The van der Waals surface area contributed by atoms with Gasteiger partial charge in [-0.25, -0.2) is 9.69 Å². The first-order chi connectivity index (χ1) is 15.4. The molecule has 0 bridgehead atoms. The van der Waals surface area contributed by atoms with Gasteiger partial charge in [0.25, 0.3) is 11.8 Å². The first kappa shape index (κ1) is 23.4. The maximum Gasteiger partial charge on any atom is 0.336 e. The van der Waals surface area contributed by atoms with Crippen molar-refractivity contribution < 1.29 is 14.4 Å². The first-order valence-corrected chi connectivity index (χ1v) is 11.2. The number of carbonyl (C=O) groups excluding carboxylic acids is 3. The summed E-state index contributed by atoms with van der Waals surface area (Å²) in [6, 6.07) is 7.28. The monoisotopic (exact) mass is 503 g/mol. The number of imide groups is 2. The van der Waals surface area contributed by atoms with Gasteiger partial charge in [-0.05, 0) is 62.2 Å². The van der Waals surface area contributed by atoms with Crippen molar-refractivity contribution in [1.29, 1.82) is 0 Å². The summed E-state index contributed by atoms with van der Waals surface area (Å²) in [4.78, 5) is 41.2. The van der Waals surface area contributed by atoms with Crippen LogP contribution in [0.25, 0.3) is 11.6 Å². The van der Waals surface area contributed by atoms with E-state index in [0.717, 1.165) is 21.7 Å². The fourth-order valence-electron chi connectivity index (χ4n) is 4.00. The highest BCUT2D eigenvalue weighted by Gasteiger charge is 2.38. The van der Waals surface area contributed by atoms with Gasteiger partial charge >= 0.3 is 6.03 Å². The molecule has 2 heterocycles. The number of likely N-dealkylation sites (N-methyl/N-ethyl adjacent to an activating group) is 1. The third kappa shape index (κ3) is 3.92. The van der Waals surface area contributed by atoms with Crippen LogP contribution < -0.4 is 15.1 Å². The standard InChI is InChI=1S/C24H20Cl3N3O3/c1-12-11-24(2,3)29(4)19-10-17(26)13(8-14(12)19)9-15-21(31)28-23(33)30(22(15)32)18-7-5-6-16(25)20(18)27/h5-11H,1-4H3,(H,28,31,33)/b15-9-. The summed E-state index contributed by atoms with van der Waals surface area (Å²) in [5, 5.41) is 2.74. The maximum absolute atomic E-state index is 13.2. The molecule has 0 aromatic heterocycles. The molecule has 6 nitrogen and oxygen atoms in total. The number of hydrogen-bond acceptors (Lipinski definition) is 4. The summed E-state index contributed by atoms with van der Waals surface area (Å²) in [6.07, 6.45) is 3.52. The molecule has 4 amide bonds. The lowest BCUT2D eigenvalue weighted by atomic mass is 9.88. The molecule has 0 atom stereocenters. The lowest BCUT2D eigenvalue weighted by molar-refractivity contribution is -0.122. The molecule has 2 aromatic rings. The number of barbiturate groups is 1. The van der Waals surface area contributed by atoms with Crippen LogP contribution in [0, 0.1) is 0 Å². The van der Waals surface area contributed by atoms with E-state index in [0.29, 0.717) is 10.6 Å². The van der Waals surface area contributed by atoms with E-state index in [2.05, 4.69) is 30.1 Å². The Balaban J connectivity index is 1.81. The third-order valence-corrected chi connectivity index (χ3v) is 7.05. The molecule has 1 N–H and O–H groups in total. The van der Waals surface area contributed by atoms with Crippen LogP contribution >= 0.6 is 34.8 Å². The highest BCUT2D eigenvalue weighted by Crippen LogP contribution is 2.41. The van der Waals surface area contributed by atoms with E-state index in [1.165, 1.54) is 18.2 Å². The van der Waals surface area contributed by atoms with Gasteiger partial charge in [0.1, 0.15) is 5.57 Å². The number of carbonyl (C=O) groups is 3. The quantitative estimate of drug-likeness (QED) is 0.406. The fourth-order valence-corrected chi connectivity index (χ4v) is 4.59.